The number of likely N-dealkylation sites (N-methyl/N-ethyl adjacent to an activating group) is 1. The lowest BCUT2D eigenvalue weighted by atomic mass is 9.95. The summed E-state index contributed by atoms with van der Waals surface area (Å²) in [6, 6.07) is 7.32. The molecule has 0 aromatic heterocycles. The molecule has 1 unspecified atom stereocenters. The second-order valence-corrected chi connectivity index (χ2v) is 4.98. The van der Waals surface area contributed by atoms with Crippen LogP contribution in [-0.2, 0) is 11.4 Å². The summed E-state index contributed by atoms with van der Waals surface area (Å²) >= 11 is 0. The number of carbonyl (C=O) groups is 1. The zero-order chi connectivity index (χ0) is 15.0. The third kappa shape index (κ3) is 4.83. The molecule has 1 aromatic carbocycles. The molecule has 5 nitrogen and oxygen atoms in total. The van der Waals surface area contributed by atoms with E-state index in [4.69, 9.17) is 15.6 Å². The van der Waals surface area contributed by atoms with Gasteiger partial charge in [-0.3, -0.25) is 4.79 Å². The number of rotatable bonds is 9. The van der Waals surface area contributed by atoms with Crippen molar-refractivity contribution in [2.24, 2.45) is 5.73 Å². The van der Waals surface area contributed by atoms with Crippen molar-refractivity contribution in [3.05, 3.63) is 29.8 Å². The smallest absolute Gasteiger partial charge is 0.237 e. The zero-order valence-electron chi connectivity index (χ0n) is 12.2. The third-order valence-corrected chi connectivity index (χ3v) is 3.28. The van der Waals surface area contributed by atoms with Crippen LogP contribution in [0.2, 0.25) is 0 Å². The summed E-state index contributed by atoms with van der Waals surface area (Å²) in [6.45, 7) is 4.95. The molecule has 0 bridgehead atoms. The number of amides is 1. The highest BCUT2D eigenvalue weighted by molar-refractivity contribution is 5.84. The van der Waals surface area contributed by atoms with Crippen LogP contribution in [0.3, 0.4) is 0 Å². The van der Waals surface area contributed by atoms with Crippen LogP contribution in [0.15, 0.2) is 24.3 Å². The summed E-state index contributed by atoms with van der Waals surface area (Å²) in [4.78, 5) is 11.4. The maximum absolute atomic E-state index is 11.4. The Morgan fingerprint density at radius 2 is 2.25 bits per heavy atom. The van der Waals surface area contributed by atoms with Gasteiger partial charge in [-0.05, 0) is 44.0 Å². The molecule has 20 heavy (non-hydrogen) atoms. The van der Waals surface area contributed by atoms with E-state index in [2.05, 4.69) is 5.32 Å². The lowest BCUT2D eigenvalue weighted by Gasteiger charge is -2.26. The van der Waals surface area contributed by atoms with Crippen molar-refractivity contribution in [3.8, 4) is 5.75 Å². The van der Waals surface area contributed by atoms with Crippen LogP contribution in [0.1, 0.15) is 32.3 Å². The second-order valence-electron chi connectivity index (χ2n) is 4.98. The normalized spacial score (nSPS) is 13.8. The molecule has 1 amide bonds. The maximum atomic E-state index is 11.4. The molecular formula is C15H24N2O3. The van der Waals surface area contributed by atoms with Gasteiger partial charge < -0.3 is 20.9 Å². The fourth-order valence-corrected chi connectivity index (χ4v) is 2.04. The van der Waals surface area contributed by atoms with Crippen LogP contribution in [0.5, 0.6) is 5.75 Å². The third-order valence-electron chi connectivity index (χ3n) is 3.28. The molecular weight excluding hydrogens is 256 g/mol. The Hall–Kier alpha value is -1.59. The molecule has 1 rings (SSSR count). The SMILES string of the molecule is CCNC(C)(CCCOc1cccc(CO)c1)C(N)=O. The summed E-state index contributed by atoms with van der Waals surface area (Å²) in [5, 5.41) is 12.2. The number of carbonyl (C=O) groups excluding carboxylic acids is 1. The first-order valence-electron chi connectivity index (χ1n) is 6.89. The van der Waals surface area contributed by atoms with Gasteiger partial charge in [0, 0.05) is 0 Å². The quantitative estimate of drug-likeness (QED) is 0.593. The van der Waals surface area contributed by atoms with E-state index in [-0.39, 0.29) is 12.5 Å². The number of nitrogens with one attached hydrogen (secondary N) is 1. The van der Waals surface area contributed by atoms with E-state index >= 15 is 0 Å². The second kappa shape index (κ2) is 7.87. The van der Waals surface area contributed by atoms with Crippen LogP contribution < -0.4 is 15.8 Å². The van der Waals surface area contributed by atoms with E-state index in [1.807, 2.05) is 32.0 Å². The van der Waals surface area contributed by atoms with Gasteiger partial charge in [-0.15, -0.1) is 0 Å². The van der Waals surface area contributed by atoms with Crippen molar-refractivity contribution in [1.29, 1.82) is 0 Å². The molecule has 0 saturated heterocycles. The zero-order valence-corrected chi connectivity index (χ0v) is 12.2. The fraction of sp³-hybridized carbons (Fsp3) is 0.533. The Morgan fingerprint density at radius 1 is 1.50 bits per heavy atom. The molecule has 0 aliphatic carbocycles. The number of nitrogens with two attached hydrogens (primary N) is 1. The van der Waals surface area contributed by atoms with Gasteiger partial charge in [0.25, 0.3) is 0 Å². The van der Waals surface area contributed by atoms with Crippen molar-refractivity contribution in [2.45, 2.75) is 38.8 Å². The summed E-state index contributed by atoms with van der Waals surface area (Å²) in [6.07, 6.45) is 1.34. The molecule has 0 heterocycles. The van der Waals surface area contributed by atoms with E-state index in [0.717, 1.165) is 17.7 Å². The van der Waals surface area contributed by atoms with Crippen LogP contribution in [-0.4, -0.2) is 29.7 Å². The number of aliphatic hydroxyl groups is 1. The van der Waals surface area contributed by atoms with Gasteiger partial charge in [0.1, 0.15) is 5.75 Å². The molecule has 1 aromatic rings. The Morgan fingerprint density at radius 3 is 2.85 bits per heavy atom. The Labute approximate surface area is 120 Å². The Kier molecular flexibility index (Phi) is 6.48. The summed E-state index contributed by atoms with van der Waals surface area (Å²) < 4.78 is 5.61. The van der Waals surface area contributed by atoms with Gasteiger partial charge >= 0.3 is 0 Å². The van der Waals surface area contributed by atoms with Crippen LogP contribution >= 0.6 is 0 Å². The fourth-order valence-electron chi connectivity index (χ4n) is 2.04. The minimum atomic E-state index is -0.689. The molecule has 0 fully saturated rings. The number of ether oxygens (including phenoxy) is 1. The van der Waals surface area contributed by atoms with Crippen molar-refractivity contribution in [2.75, 3.05) is 13.2 Å². The Balaban J connectivity index is 2.42. The number of hydrogen-bond acceptors (Lipinski definition) is 4. The number of hydrogen-bond donors (Lipinski definition) is 3. The maximum Gasteiger partial charge on any atom is 0.237 e. The van der Waals surface area contributed by atoms with E-state index in [9.17, 15) is 4.79 Å². The van der Waals surface area contributed by atoms with Gasteiger partial charge in [0.15, 0.2) is 0 Å². The lowest BCUT2D eigenvalue weighted by Crippen LogP contribution is -2.53. The molecule has 5 heteroatoms. The highest BCUT2D eigenvalue weighted by atomic mass is 16.5. The highest BCUT2D eigenvalue weighted by Crippen LogP contribution is 2.16. The molecule has 0 aliphatic heterocycles. The van der Waals surface area contributed by atoms with Gasteiger partial charge in [-0.1, -0.05) is 19.1 Å². The molecule has 112 valence electrons. The van der Waals surface area contributed by atoms with Crippen LogP contribution in [0.25, 0.3) is 0 Å². The topological polar surface area (TPSA) is 84.6 Å². The van der Waals surface area contributed by atoms with Crippen molar-refractivity contribution >= 4 is 5.91 Å². The molecule has 0 aliphatic rings. The first kappa shape index (κ1) is 16.5. The largest absolute Gasteiger partial charge is 0.494 e. The van der Waals surface area contributed by atoms with Crippen molar-refractivity contribution < 1.29 is 14.6 Å². The van der Waals surface area contributed by atoms with E-state index in [1.165, 1.54) is 0 Å². The van der Waals surface area contributed by atoms with Gasteiger partial charge in [-0.2, -0.15) is 0 Å². The predicted octanol–water partition coefficient (Wildman–Crippen LogP) is 1.19. The molecule has 0 saturated carbocycles. The minimum Gasteiger partial charge on any atom is -0.494 e. The molecule has 0 radical (unpaired) electrons. The van der Waals surface area contributed by atoms with E-state index in [1.54, 1.807) is 6.07 Å². The van der Waals surface area contributed by atoms with Crippen molar-refractivity contribution in [1.82, 2.24) is 5.32 Å². The Bertz CT molecular complexity index is 437. The van der Waals surface area contributed by atoms with Gasteiger partial charge in [-0.25, -0.2) is 0 Å². The van der Waals surface area contributed by atoms with Crippen LogP contribution in [0, 0.1) is 0 Å². The van der Waals surface area contributed by atoms with Gasteiger partial charge in [0.2, 0.25) is 5.91 Å². The average Bonchev–Trinajstić information content (AvgIpc) is 2.44. The standard InChI is InChI=1S/C15H24N2O3/c1-3-17-15(2,14(16)19)8-5-9-20-13-7-4-6-12(10-13)11-18/h4,6-7,10,17-18H,3,5,8-9,11H2,1-2H3,(H2,16,19). The number of primary amides is 1. The molecule has 4 N–H and O–H groups in total. The molecule has 0 spiro atoms. The van der Waals surface area contributed by atoms with Crippen molar-refractivity contribution in [3.63, 3.8) is 0 Å². The highest BCUT2D eigenvalue weighted by Gasteiger charge is 2.28. The van der Waals surface area contributed by atoms with E-state index in [0.29, 0.717) is 19.6 Å². The number of aliphatic hydroxyl groups excluding tert-OH is 1. The lowest BCUT2D eigenvalue weighted by molar-refractivity contribution is -0.124. The summed E-state index contributed by atoms with van der Waals surface area (Å²) in [5.74, 6) is 0.377. The first-order valence-corrected chi connectivity index (χ1v) is 6.89. The summed E-state index contributed by atoms with van der Waals surface area (Å²) in [7, 11) is 0. The monoisotopic (exact) mass is 280 g/mol. The predicted molar refractivity (Wildman–Crippen MR) is 78.4 cm³/mol. The summed E-state index contributed by atoms with van der Waals surface area (Å²) in [5.41, 5.74) is 5.55. The van der Waals surface area contributed by atoms with Gasteiger partial charge in [0.05, 0.1) is 18.8 Å². The first-order chi connectivity index (χ1) is 9.51. The van der Waals surface area contributed by atoms with Crippen LogP contribution in [0.4, 0.5) is 0 Å². The minimum absolute atomic E-state index is 0.00261. The average molecular weight is 280 g/mol. The van der Waals surface area contributed by atoms with E-state index < -0.39 is 5.54 Å². The number of benzene rings is 1. The molecule has 1 atom stereocenters.